The summed E-state index contributed by atoms with van der Waals surface area (Å²) in [6.45, 7) is 1.84. The number of anilines is 2. The highest BCUT2D eigenvalue weighted by Crippen LogP contribution is 2.23. The van der Waals surface area contributed by atoms with Crippen molar-refractivity contribution in [1.29, 1.82) is 0 Å². The number of furan rings is 1. The Morgan fingerprint density at radius 1 is 1.07 bits per heavy atom. The van der Waals surface area contributed by atoms with Crippen molar-refractivity contribution < 1.29 is 14.0 Å². The molecule has 0 saturated heterocycles. The molecular weight excluding hydrogens is 392 g/mol. The van der Waals surface area contributed by atoms with Crippen LogP contribution in [0, 0.1) is 6.92 Å². The number of aryl methyl sites for hydroxylation is 2. The van der Waals surface area contributed by atoms with Crippen molar-refractivity contribution in [2.75, 3.05) is 10.6 Å². The molecule has 0 unspecified atom stereocenters. The fraction of sp³-hybridized carbons (Fsp3) is 0.0952. The standard InChI is InChI=1S/C21H17ClN4O3/c1-12-5-6-13(10-15(12)23-20(28)18-4-3-9-29-18)19(27)25-21-24-16-11-14(22)7-8-17(16)26(21)2/h3-11H,1-2H3,(H,23,28)(H,24,25,27). The maximum atomic E-state index is 12.8. The van der Waals surface area contributed by atoms with Crippen molar-refractivity contribution in [2.45, 2.75) is 6.92 Å². The predicted octanol–water partition coefficient (Wildman–Crippen LogP) is 4.63. The molecule has 0 atom stereocenters. The number of fused-ring (bicyclic) bond motifs is 1. The van der Waals surface area contributed by atoms with Crippen LogP contribution < -0.4 is 10.6 Å². The summed E-state index contributed by atoms with van der Waals surface area (Å²) in [5.74, 6) is -0.141. The van der Waals surface area contributed by atoms with E-state index >= 15 is 0 Å². The molecule has 7 nitrogen and oxygen atoms in total. The lowest BCUT2D eigenvalue weighted by Crippen LogP contribution is -2.17. The molecule has 0 bridgehead atoms. The van der Waals surface area contributed by atoms with Crippen molar-refractivity contribution in [3.05, 3.63) is 76.7 Å². The van der Waals surface area contributed by atoms with Gasteiger partial charge in [0.05, 0.1) is 17.3 Å². The average molecular weight is 409 g/mol. The number of benzene rings is 2. The number of nitrogens with one attached hydrogen (secondary N) is 2. The minimum absolute atomic E-state index is 0.192. The first-order valence-corrected chi connectivity index (χ1v) is 9.19. The van der Waals surface area contributed by atoms with Crippen molar-refractivity contribution in [2.24, 2.45) is 7.05 Å². The van der Waals surface area contributed by atoms with Crippen LogP contribution >= 0.6 is 11.6 Å². The molecule has 2 aromatic heterocycles. The number of hydrogen-bond donors (Lipinski definition) is 2. The van der Waals surface area contributed by atoms with Crippen molar-refractivity contribution >= 4 is 46.1 Å². The summed E-state index contributed by atoms with van der Waals surface area (Å²) in [6, 6.07) is 13.6. The van der Waals surface area contributed by atoms with Crippen LogP contribution in [0.2, 0.25) is 5.02 Å². The summed E-state index contributed by atoms with van der Waals surface area (Å²) in [6.07, 6.45) is 1.43. The van der Waals surface area contributed by atoms with Gasteiger partial charge in [-0.05, 0) is 55.0 Å². The molecular formula is C21H17ClN4O3. The third kappa shape index (κ3) is 3.72. The van der Waals surface area contributed by atoms with E-state index < -0.39 is 0 Å². The van der Waals surface area contributed by atoms with E-state index in [4.69, 9.17) is 16.0 Å². The number of aromatic nitrogens is 2. The Kier molecular flexibility index (Phi) is 4.82. The lowest BCUT2D eigenvalue weighted by atomic mass is 10.1. The molecule has 0 spiro atoms. The minimum Gasteiger partial charge on any atom is -0.459 e. The summed E-state index contributed by atoms with van der Waals surface area (Å²) >= 11 is 6.01. The molecule has 29 heavy (non-hydrogen) atoms. The maximum Gasteiger partial charge on any atom is 0.291 e. The van der Waals surface area contributed by atoms with E-state index in [1.807, 2.05) is 20.0 Å². The smallest absolute Gasteiger partial charge is 0.291 e. The summed E-state index contributed by atoms with van der Waals surface area (Å²) in [5, 5.41) is 6.14. The Hall–Kier alpha value is -3.58. The Labute approximate surface area is 171 Å². The van der Waals surface area contributed by atoms with E-state index in [-0.39, 0.29) is 17.6 Å². The lowest BCUT2D eigenvalue weighted by molar-refractivity contribution is 0.0993. The molecule has 2 N–H and O–H groups in total. The number of imidazole rings is 1. The van der Waals surface area contributed by atoms with Gasteiger partial charge >= 0.3 is 0 Å². The van der Waals surface area contributed by atoms with Gasteiger partial charge in [-0.15, -0.1) is 0 Å². The van der Waals surface area contributed by atoms with Crippen LogP contribution in [0.3, 0.4) is 0 Å². The van der Waals surface area contributed by atoms with E-state index in [1.54, 1.807) is 47.0 Å². The average Bonchev–Trinajstić information content (AvgIpc) is 3.32. The Balaban J connectivity index is 1.58. The number of amides is 2. The number of hydrogen-bond acceptors (Lipinski definition) is 4. The van der Waals surface area contributed by atoms with Gasteiger partial charge in [0.25, 0.3) is 11.8 Å². The molecule has 2 heterocycles. The molecule has 0 saturated carbocycles. The molecule has 4 aromatic rings. The van der Waals surface area contributed by atoms with Gasteiger partial charge in [0.2, 0.25) is 5.95 Å². The second-order valence-electron chi connectivity index (χ2n) is 6.54. The molecule has 146 valence electrons. The molecule has 4 rings (SSSR count). The van der Waals surface area contributed by atoms with Crippen LogP contribution in [-0.2, 0) is 7.05 Å². The zero-order valence-electron chi connectivity index (χ0n) is 15.7. The van der Waals surface area contributed by atoms with Crippen LogP contribution in [0.5, 0.6) is 0 Å². The molecule has 0 aliphatic carbocycles. The zero-order valence-corrected chi connectivity index (χ0v) is 16.4. The van der Waals surface area contributed by atoms with E-state index in [1.165, 1.54) is 6.26 Å². The fourth-order valence-electron chi connectivity index (χ4n) is 2.95. The molecule has 0 aliphatic heterocycles. The second-order valence-corrected chi connectivity index (χ2v) is 6.98. The topological polar surface area (TPSA) is 89.2 Å². The quantitative estimate of drug-likeness (QED) is 0.515. The van der Waals surface area contributed by atoms with Crippen molar-refractivity contribution in [3.63, 3.8) is 0 Å². The van der Waals surface area contributed by atoms with Gasteiger partial charge in [-0.1, -0.05) is 17.7 Å². The Bertz CT molecular complexity index is 1230. The first-order chi connectivity index (χ1) is 13.9. The first kappa shape index (κ1) is 18.8. The molecule has 8 heteroatoms. The van der Waals surface area contributed by atoms with E-state index in [9.17, 15) is 9.59 Å². The highest BCUT2D eigenvalue weighted by Gasteiger charge is 2.15. The second kappa shape index (κ2) is 7.44. The molecule has 2 amide bonds. The molecule has 2 aromatic carbocycles. The zero-order chi connectivity index (χ0) is 20.5. The molecule has 0 aliphatic rings. The molecule has 0 fully saturated rings. The Morgan fingerprint density at radius 2 is 1.90 bits per heavy atom. The van der Waals surface area contributed by atoms with Crippen LogP contribution in [0.25, 0.3) is 11.0 Å². The first-order valence-electron chi connectivity index (χ1n) is 8.81. The number of carbonyl (C=O) groups excluding carboxylic acids is 2. The van der Waals surface area contributed by atoms with Gasteiger partial charge in [-0.2, -0.15) is 0 Å². The largest absolute Gasteiger partial charge is 0.459 e. The molecule has 0 radical (unpaired) electrons. The van der Waals surface area contributed by atoms with E-state index in [0.29, 0.717) is 27.7 Å². The van der Waals surface area contributed by atoms with Gasteiger partial charge in [0.15, 0.2) is 5.76 Å². The summed E-state index contributed by atoms with van der Waals surface area (Å²) < 4.78 is 6.88. The van der Waals surface area contributed by atoms with Crippen molar-refractivity contribution in [1.82, 2.24) is 9.55 Å². The summed E-state index contributed by atoms with van der Waals surface area (Å²) in [4.78, 5) is 29.4. The Morgan fingerprint density at radius 3 is 2.66 bits per heavy atom. The number of nitrogens with zero attached hydrogens (tertiary/aromatic N) is 2. The third-order valence-electron chi connectivity index (χ3n) is 4.56. The number of halogens is 1. The van der Waals surface area contributed by atoms with Crippen LogP contribution in [0.4, 0.5) is 11.6 Å². The SMILES string of the molecule is Cc1ccc(C(=O)Nc2nc3cc(Cl)ccc3n2C)cc1NC(=O)c1ccco1. The van der Waals surface area contributed by atoms with E-state index in [0.717, 1.165) is 11.1 Å². The summed E-state index contributed by atoms with van der Waals surface area (Å²) in [7, 11) is 1.81. The monoisotopic (exact) mass is 408 g/mol. The summed E-state index contributed by atoms with van der Waals surface area (Å²) in [5.41, 5.74) is 3.26. The van der Waals surface area contributed by atoms with Gasteiger partial charge < -0.3 is 14.3 Å². The van der Waals surface area contributed by atoms with Gasteiger partial charge in [0, 0.05) is 23.3 Å². The predicted molar refractivity (Wildman–Crippen MR) is 112 cm³/mol. The van der Waals surface area contributed by atoms with Crippen LogP contribution in [0.1, 0.15) is 26.5 Å². The number of carbonyl (C=O) groups is 2. The van der Waals surface area contributed by atoms with Gasteiger partial charge in [-0.3, -0.25) is 14.9 Å². The third-order valence-corrected chi connectivity index (χ3v) is 4.80. The van der Waals surface area contributed by atoms with Gasteiger partial charge in [-0.25, -0.2) is 4.98 Å². The fourth-order valence-corrected chi connectivity index (χ4v) is 3.11. The number of rotatable bonds is 4. The minimum atomic E-state index is -0.386. The van der Waals surface area contributed by atoms with Crippen molar-refractivity contribution in [3.8, 4) is 0 Å². The highest BCUT2D eigenvalue weighted by molar-refractivity contribution is 6.31. The maximum absolute atomic E-state index is 12.8. The lowest BCUT2D eigenvalue weighted by Gasteiger charge is -2.10. The normalized spacial score (nSPS) is 10.9. The van der Waals surface area contributed by atoms with Crippen LogP contribution in [-0.4, -0.2) is 21.4 Å². The van der Waals surface area contributed by atoms with Gasteiger partial charge in [0.1, 0.15) is 0 Å². The van der Waals surface area contributed by atoms with Crippen LogP contribution in [0.15, 0.2) is 59.2 Å². The van der Waals surface area contributed by atoms with E-state index in [2.05, 4.69) is 15.6 Å². The highest BCUT2D eigenvalue weighted by atomic mass is 35.5.